The molecule has 1 aromatic rings. The number of nitrogens with two attached hydrogens (primary N) is 1. The SMILES string of the molecule is NC[C@@H]1CCC[C@H]1NS(=O)(=O)c1ccc(F)cc1Br. The Morgan fingerprint density at radius 3 is 2.79 bits per heavy atom. The number of hydrogen-bond acceptors (Lipinski definition) is 3. The van der Waals surface area contributed by atoms with Gasteiger partial charge < -0.3 is 5.73 Å². The van der Waals surface area contributed by atoms with Gasteiger partial charge in [0.1, 0.15) is 5.82 Å². The summed E-state index contributed by atoms with van der Waals surface area (Å²) in [5, 5.41) is 0. The molecule has 4 nitrogen and oxygen atoms in total. The van der Waals surface area contributed by atoms with Gasteiger partial charge in [-0.05, 0) is 59.4 Å². The van der Waals surface area contributed by atoms with Gasteiger partial charge in [-0.2, -0.15) is 0 Å². The predicted molar refractivity (Wildman–Crippen MR) is 74.6 cm³/mol. The molecule has 0 spiro atoms. The first-order chi connectivity index (χ1) is 8.94. The summed E-state index contributed by atoms with van der Waals surface area (Å²) in [7, 11) is -3.65. The highest BCUT2D eigenvalue weighted by Gasteiger charge is 2.31. The van der Waals surface area contributed by atoms with E-state index in [1.807, 2.05) is 0 Å². The standard InChI is InChI=1S/C12H16BrFN2O2S/c13-10-6-9(14)4-5-12(10)19(17,18)16-11-3-1-2-8(11)7-15/h4-6,8,11,16H,1-3,7,15H2/t8-,11+/m0/s1. The third-order valence-corrected chi connectivity index (χ3v) is 5.92. The smallest absolute Gasteiger partial charge is 0.241 e. The Labute approximate surface area is 120 Å². The van der Waals surface area contributed by atoms with Crippen molar-refractivity contribution in [2.24, 2.45) is 11.7 Å². The zero-order chi connectivity index (χ0) is 14.0. The molecule has 0 saturated heterocycles. The summed E-state index contributed by atoms with van der Waals surface area (Å²) in [5.41, 5.74) is 5.64. The maximum atomic E-state index is 13.0. The number of halogens is 2. The van der Waals surface area contributed by atoms with Gasteiger partial charge in [-0.25, -0.2) is 17.5 Å². The molecule has 2 atom stereocenters. The van der Waals surface area contributed by atoms with E-state index in [0.29, 0.717) is 6.54 Å². The lowest BCUT2D eigenvalue weighted by Crippen LogP contribution is -2.39. The van der Waals surface area contributed by atoms with Crippen LogP contribution in [0.5, 0.6) is 0 Å². The normalized spacial score (nSPS) is 23.7. The van der Waals surface area contributed by atoms with Crippen LogP contribution >= 0.6 is 15.9 Å². The van der Waals surface area contributed by atoms with Gasteiger partial charge in [0.05, 0.1) is 4.90 Å². The Balaban J connectivity index is 2.23. The summed E-state index contributed by atoms with van der Waals surface area (Å²) in [5.74, 6) is -0.305. The average molecular weight is 351 g/mol. The Morgan fingerprint density at radius 2 is 2.16 bits per heavy atom. The Hall–Kier alpha value is -0.500. The number of benzene rings is 1. The zero-order valence-corrected chi connectivity index (χ0v) is 12.7. The third kappa shape index (κ3) is 3.34. The van der Waals surface area contributed by atoms with Crippen LogP contribution in [-0.2, 0) is 10.0 Å². The van der Waals surface area contributed by atoms with E-state index in [-0.39, 0.29) is 21.3 Å². The van der Waals surface area contributed by atoms with Crippen LogP contribution in [0.1, 0.15) is 19.3 Å². The number of sulfonamides is 1. The van der Waals surface area contributed by atoms with E-state index in [1.54, 1.807) is 0 Å². The Bertz CT molecular complexity index is 565. The van der Waals surface area contributed by atoms with Crippen LogP contribution in [0.3, 0.4) is 0 Å². The minimum absolute atomic E-state index is 0.0524. The summed E-state index contributed by atoms with van der Waals surface area (Å²) in [4.78, 5) is 0.0524. The monoisotopic (exact) mass is 350 g/mol. The van der Waals surface area contributed by atoms with Gasteiger partial charge in [0.15, 0.2) is 0 Å². The van der Waals surface area contributed by atoms with E-state index in [1.165, 1.54) is 6.07 Å². The lowest BCUT2D eigenvalue weighted by Gasteiger charge is -2.19. The Morgan fingerprint density at radius 1 is 1.42 bits per heavy atom. The molecule has 0 heterocycles. The summed E-state index contributed by atoms with van der Waals surface area (Å²) in [6.45, 7) is 0.470. The second-order valence-electron chi connectivity index (χ2n) is 4.73. The van der Waals surface area contributed by atoms with E-state index >= 15 is 0 Å². The van der Waals surface area contributed by atoms with E-state index in [4.69, 9.17) is 5.73 Å². The van der Waals surface area contributed by atoms with E-state index in [0.717, 1.165) is 31.4 Å². The third-order valence-electron chi connectivity index (χ3n) is 3.45. The number of rotatable bonds is 4. The van der Waals surface area contributed by atoms with E-state index in [2.05, 4.69) is 20.7 Å². The van der Waals surface area contributed by atoms with Crippen molar-refractivity contribution in [3.05, 3.63) is 28.5 Å². The minimum Gasteiger partial charge on any atom is -0.330 e. The van der Waals surface area contributed by atoms with Crippen molar-refractivity contribution in [2.75, 3.05) is 6.54 Å². The fraction of sp³-hybridized carbons (Fsp3) is 0.500. The molecule has 0 radical (unpaired) electrons. The molecule has 1 aromatic carbocycles. The molecule has 0 amide bonds. The predicted octanol–water partition coefficient (Wildman–Crippen LogP) is 1.99. The van der Waals surface area contributed by atoms with E-state index in [9.17, 15) is 12.8 Å². The summed E-state index contributed by atoms with van der Waals surface area (Å²) >= 11 is 3.08. The van der Waals surface area contributed by atoms with Crippen molar-refractivity contribution in [1.29, 1.82) is 0 Å². The van der Waals surface area contributed by atoms with E-state index < -0.39 is 15.8 Å². The highest BCUT2D eigenvalue weighted by atomic mass is 79.9. The molecule has 106 valence electrons. The highest BCUT2D eigenvalue weighted by molar-refractivity contribution is 9.10. The molecule has 19 heavy (non-hydrogen) atoms. The molecule has 1 fully saturated rings. The van der Waals surface area contributed by atoms with Crippen molar-refractivity contribution in [3.8, 4) is 0 Å². The van der Waals surface area contributed by atoms with Crippen molar-refractivity contribution >= 4 is 26.0 Å². The topological polar surface area (TPSA) is 72.2 Å². The summed E-state index contributed by atoms with van der Waals surface area (Å²) in [6, 6.07) is 3.40. The van der Waals surface area contributed by atoms with Crippen LogP contribution in [-0.4, -0.2) is 21.0 Å². The average Bonchev–Trinajstić information content (AvgIpc) is 2.74. The van der Waals surface area contributed by atoms with Crippen molar-refractivity contribution in [1.82, 2.24) is 4.72 Å². The molecular weight excluding hydrogens is 335 g/mol. The molecule has 0 unspecified atom stereocenters. The molecule has 0 bridgehead atoms. The number of nitrogens with one attached hydrogen (secondary N) is 1. The molecule has 7 heteroatoms. The maximum Gasteiger partial charge on any atom is 0.241 e. The zero-order valence-electron chi connectivity index (χ0n) is 10.3. The second kappa shape index (κ2) is 5.87. The lowest BCUT2D eigenvalue weighted by atomic mass is 10.1. The largest absolute Gasteiger partial charge is 0.330 e. The molecule has 1 saturated carbocycles. The van der Waals surface area contributed by atoms with Crippen molar-refractivity contribution in [3.63, 3.8) is 0 Å². The molecule has 0 aliphatic heterocycles. The van der Waals surface area contributed by atoms with Gasteiger partial charge in [0, 0.05) is 10.5 Å². The Kier molecular flexibility index (Phi) is 4.60. The van der Waals surface area contributed by atoms with Crippen LogP contribution in [0.4, 0.5) is 4.39 Å². The van der Waals surface area contributed by atoms with Crippen LogP contribution in [0, 0.1) is 11.7 Å². The quantitative estimate of drug-likeness (QED) is 0.872. The van der Waals surface area contributed by atoms with Gasteiger partial charge in [0.25, 0.3) is 0 Å². The molecular formula is C12H16BrFN2O2S. The van der Waals surface area contributed by atoms with Crippen molar-refractivity contribution < 1.29 is 12.8 Å². The molecule has 1 aliphatic carbocycles. The second-order valence-corrected chi connectivity index (χ2v) is 7.27. The van der Waals surface area contributed by atoms with Gasteiger partial charge >= 0.3 is 0 Å². The van der Waals surface area contributed by atoms with Gasteiger partial charge in [-0.15, -0.1) is 0 Å². The van der Waals surface area contributed by atoms with Gasteiger partial charge in [-0.1, -0.05) is 6.42 Å². The highest BCUT2D eigenvalue weighted by Crippen LogP contribution is 2.28. The summed E-state index contributed by atoms with van der Waals surface area (Å²) in [6.07, 6.45) is 2.70. The molecule has 1 aliphatic rings. The minimum atomic E-state index is -3.65. The van der Waals surface area contributed by atoms with Crippen molar-refractivity contribution in [2.45, 2.75) is 30.2 Å². The molecule has 3 N–H and O–H groups in total. The van der Waals surface area contributed by atoms with Crippen LogP contribution in [0.25, 0.3) is 0 Å². The summed E-state index contributed by atoms with van der Waals surface area (Å²) < 4.78 is 40.4. The lowest BCUT2D eigenvalue weighted by molar-refractivity contribution is 0.452. The first-order valence-corrected chi connectivity index (χ1v) is 8.39. The van der Waals surface area contributed by atoms with Crippen LogP contribution in [0.2, 0.25) is 0 Å². The number of hydrogen-bond donors (Lipinski definition) is 2. The molecule has 0 aromatic heterocycles. The van der Waals surface area contributed by atoms with Gasteiger partial charge in [0.2, 0.25) is 10.0 Å². The fourth-order valence-electron chi connectivity index (χ4n) is 2.43. The van der Waals surface area contributed by atoms with Crippen LogP contribution in [0.15, 0.2) is 27.6 Å². The van der Waals surface area contributed by atoms with Crippen LogP contribution < -0.4 is 10.5 Å². The first-order valence-electron chi connectivity index (χ1n) is 6.11. The maximum absolute atomic E-state index is 13.0. The fourth-order valence-corrected chi connectivity index (χ4v) is 4.82. The molecule has 2 rings (SSSR count). The van der Waals surface area contributed by atoms with Gasteiger partial charge in [-0.3, -0.25) is 0 Å². The first kappa shape index (κ1) is 14.9.